The van der Waals surface area contributed by atoms with Gasteiger partial charge >= 0.3 is 0 Å². The van der Waals surface area contributed by atoms with E-state index < -0.39 is 0 Å². The first-order valence-corrected chi connectivity index (χ1v) is 16.2. The van der Waals surface area contributed by atoms with Gasteiger partial charge < -0.3 is 4.40 Å². The first-order valence-electron chi connectivity index (χ1n) is 16.2. The smallest absolute Gasteiger partial charge is 0.0620 e. The van der Waals surface area contributed by atoms with Gasteiger partial charge in [0.25, 0.3) is 0 Å². The van der Waals surface area contributed by atoms with E-state index in [1.807, 2.05) is 0 Å². The van der Waals surface area contributed by atoms with Crippen LogP contribution in [0.3, 0.4) is 0 Å². The summed E-state index contributed by atoms with van der Waals surface area (Å²) in [7, 11) is 0. The van der Waals surface area contributed by atoms with Gasteiger partial charge in [0.05, 0.1) is 16.6 Å². The molecule has 0 radical (unpaired) electrons. The van der Waals surface area contributed by atoms with Crippen molar-refractivity contribution in [2.24, 2.45) is 0 Å². The molecular weight excluding hydrogens is 555 g/mol. The van der Waals surface area contributed by atoms with Crippen LogP contribution in [-0.2, 0) is 5.41 Å². The van der Waals surface area contributed by atoms with Crippen LogP contribution >= 0.6 is 0 Å². The second-order valence-electron chi connectivity index (χ2n) is 13.4. The molecule has 1 heteroatoms. The van der Waals surface area contributed by atoms with E-state index in [2.05, 4.69) is 170 Å². The zero-order chi connectivity index (χ0) is 30.6. The molecule has 0 fully saturated rings. The molecule has 216 valence electrons. The van der Waals surface area contributed by atoms with E-state index in [1.54, 1.807) is 0 Å². The Hall–Kier alpha value is -5.66. The van der Waals surface area contributed by atoms with Gasteiger partial charge in [0, 0.05) is 27.0 Å². The Kier molecular flexibility index (Phi) is 5.12. The molecular formula is C45H31N. The third kappa shape index (κ3) is 3.46. The van der Waals surface area contributed by atoms with E-state index >= 15 is 0 Å². The number of hydrogen-bond acceptors (Lipinski definition) is 0. The van der Waals surface area contributed by atoms with E-state index in [0.29, 0.717) is 0 Å². The predicted octanol–water partition coefficient (Wildman–Crippen LogP) is 12.1. The summed E-state index contributed by atoms with van der Waals surface area (Å²) < 4.78 is 2.44. The number of rotatable bonds is 3. The molecule has 9 aromatic rings. The summed E-state index contributed by atoms with van der Waals surface area (Å²) in [6, 6.07) is 56.4. The molecule has 0 amide bonds. The first-order chi connectivity index (χ1) is 22.6. The number of aromatic nitrogens is 1. The van der Waals surface area contributed by atoms with Crippen LogP contribution in [0.2, 0.25) is 0 Å². The second kappa shape index (κ2) is 9.19. The molecule has 1 aliphatic rings. The first kappa shape index (κ1) is 25.6. The maximum absolute atomic E-state index is 2.44. The average Bonchev–Trinajstić information content (AvgIpc) is 3.71. The molecule has 0 aliphatic heterocycles. The summed E-state index contributed by atoms with van der Waals surface area (Å²) in [6.45, 7) is 4.68. The van der Waals surface area contributed by atoms with Crippen LogP contribution in [0, 0.1) is 0 Å². The van der Waals surface area contributed by atoms with Crippen LogP contribution in [-0.4, -0.2) is 4.40 Å². The lowest BCUT2D eigenvalue weighted by atomic mass is 9.82. The van der Waals surface area contributed by atoms with Gasteiger partial charge in [0.1, 0.15) is 0 Å². The van der Waals surface area contributed by atoms with Crippen molar-refractivity contribution in [3.63, 3.8) is 0 Å². The number of para-hydroxylation sites is 2. The lowest BCUT2D eigenvalue weighted by molar-refractivity contribution is 0.660. The summed E-state index contributed by atoms with van der Waals surface area (Å²) in [5.41, 5.74) is 16.9. The lowest BCUT2D eigenvalue weighted by Crippen LogP contribution is -2.14. The van der Waals surface area contributed by atoms with Gasteiger partial charge in [0.15, 0.2) is 0 Å². The van der Waals surface area contributed by atoms with E-state index in [0.717, 1.165) is 0 Å². The Morgan fingerprint density at radius 2 is 0.870 bits per heavy atom. The van der Waals surface area contributed by atoms with Crippen molar-refractivity contribution in [2.45, 2.75) is 19.3 Å². The van der Waals surface area contributed by atoms with Gasteiger partial charge in [-0.3, -0.25) is 0 Å². The van der Waals surface area contributed by atoms with Crippen LogP contribution in [0.4, 0.5) is 0 Å². The molecule has 0 unspecified atom stereocenters. The Balaban J connectivity index is 1.10. The maximum atomic E-state index is 2.44. The minimum absolute atomic E-state index is 0.0199. The minimum Gasteiger partial charge on any atom is -0.308 e. The fraction of sp³-hybridized carbons (Fsp3) is 0.0667. The van der Waals surface area contributed by atoms with Gasteiger partial charge in [-0.05, 0) is 98.1 Å². The van der Waals surface area contributed by atoms with Crippen molar-refractivity contribution >= 4 is 38.1 Å². The monoisotopic (exact) mass is 585 g/mol. The van der Waals surface area contributed by atoms with E-state index in [9.17, 15) is 0 Å². The molecule has 46 heavy (non-hydrogen) atoms. The summed E-state index contributed by atoms with van der Waals surface area (Å²) in [5.74, 6) is 0. The highest BCUT2D eigenvalue weighted by molar-refractivity contribution is 6.24. The van der Waals surface area contributed by atoms with Crippen molar-refractivity contribution in [1.82, 2.24) is 4.40 Å². The van der Waals surface area contributed by atoms with Gasteiger partial charge in [-0.2, -0.15) is 0 Å². The summed E-state index contributed by atoms with van der Waals surface area (Å²) >= 11 is 0. The zero-order valence-electron chi connectivity index (χ0n) is 25.9. The highest BCUT2D eigenvalue weighted by Crippen LogP contribution is 2.49. The number of benzene rings is 7. The molecule has 7 aromatic carbocycles. The molecule has 0 bridgehead atoms. The van der Waals surface area contributed by atoms with Gasteiger partial charge in [-0.1, -0.05) is 123 Å². The van der Waals surface area contributed by atoms with Gasteiger partial charge in [-0.15, -0.1) is 0 Å². The number of nitrogens with zero attached hydrogens (tertiary/aromatic N) is 1. The molecule has 0 saturated heterocycles. The quantitative estimate of drug-likeness (QED) is 0.194. The minimum atomic E-state index is 0.0199. The normalized spacial score (nSPS) is 13.6. The molecule has 0 saturated carbocycles. The highest BCUT2D eigenvalue weighted by atomic mass is 14.9. The van der Waals surface area contributed by atoms with Crippen molar-refractivity contribution < 1.29 is 0 Å². The molecule has 10 rings (SSSR count). The van der Waals surface area contributed by atoms with Crippen molar-refractivity contribution in [3.8, 4) is 44.5 Å². The largest absolute Gasteiger partial charge is 0.308 e. The zero-order valence-corrected chi connectivity index (χ0v) is 25.9. The summed E-state index contributed by atoms with van der Waals surface area (Å²) in [5, 5.41) is 5.24. The molecule has 1 aliphatic carbocycles. The van der Waals surface area contributed by atoms with Crippen molar-refractivity contribution in [2.75, 3.05) is 0 Å². The van der Waals surface area contributed by atoms with Gasteiger partial charge in [-0.25, -0.2) is 0 Å². The average molecular weight is 586 g/mol. The fourth-order valence-corrected chi connectivity index (χ4v) is 8.27. The van der Waals surface area contributed by atoms with Crippen LogP contribution < -0.4 is 0 Å². The molecule has 1 nitrogen and oxygen atoms in total. The SMILES string of the molecule is CC1(C)c2ccccc2-c2cc(-c3cccc(-c4cccc(-c5cc6c7ccccc7n7c8ccccc8c(c5)c67)c4)c3)ccc21. The Morgan fingerprint density at radius 1 is 0.370 bits per heavy atom. The summed E-state index contributed by atoms with van der Waals surface area (Å²) in [6.07, 6.45) is 0. The second-order valence-corrected chi connectivity index (χ2v) is 13.4. The van der Waals surface area contributed by atoms with Crippen LogP contribution in [0.1, 0.15) is 25.0 Å². The van der Waals surface area contributed by atoms with E-state index in [1.165, 1.54) is 93.7 Å². The standard InChI is InChI=1S/C45H31N/c1-45(2)40-18-6-3-15-34(40)37-25-32(21-22-41(37)45)30-13-9-11-28(23-30)29-12-10-14-31(24-29)33-26-38-35-16-4-7-19-42(35)46-43-20-8-5-17-36(43)39(27-33)44(38)46/h3-27H,1-2H3. The Labute approximate surface area is 268 Å². The Morgan fingerprint density at radius 3 is 1.50 bits per heavy atom. The molecule has 2 heterocycles. The predicted molar refractivity (Wildman–Crippen MR) is 195 cm³/mol. The van der Waals surface area contributed by atoms with Gasteiger partial charge in [0.2, 0.25) is 0 Å². The van der Waals surface area contributed by atoms with Crippen LogP contribution in [0.15, 0.2) is 152 Å². The molecule has 0 spiro atoms. The highest BCUT2D eigenvalue weighted by Gasteiger charge is 2.35. The maximum Gasteiger partial charge on any atom is 0.0620 e. The number of fused-ring (bicyclic) bond motifs is 9. The van der Waals surface area contributed by atoms with Crippen molar-refractivity contribution in [3.05, 3.63) is 163 Å². The van der Waals surface area contributed by atoms with E-state index in [4.69, 9.17) is 0 Å². The van der Waals surface area contributed by atoms with Crippen LogP contribution in [0.5, 0.6) is 0 Å². The third-order valence-electron chi connectivity index (χ3n) is 10.5. The van der Waals surface area contributed by atoms with Crippen molar-refractivity contribution in [1.29, 1.82) is 0 Å². The Bertz CT molecular complexity index is 2580. The van der Waals surface area contributed by atoms with Crippen LogP contribution in [0.25, 0.3) is 82.6 Å². The summed E-state index contributed by atoms with van der Waals surface area (Å²) in [4.78, 5) is 0. The number of hydrogen-bond donors (Lipinski definition) is 0. The fourth-order valence-electron chi connectivity index (χ4n) is 8.27. The molecule has 0 N–H and O–H groups in total. The molecule has 2 aromatic heterocycles. The van der Waals surface area contributed by atoms with E-state index in [-0.39, 0.29) is 5.41 Å². The lowest BCUT2D eigenvalue weighted by Gasteiger charge is -2.21. The topological polar surface area (TPSA) is 4.41 Å². The molecule has 0 atom stereocenters. The third-order valence-corrected chi connectivity index (χ3v) is 10.5.